The van der Waals surface area contributed by atoms with Crippen LogP contribution in [0.1, 0.15) is 27.6 Å². The van der Waals surface area contributed by atoms with E-state index in [-0.39, 0.29) is 24.6 Å². The zero-order valence-electron chi connectivity index (χ0n) is 21.1. The van der Waals surface area contributed by atoms with Crippen molar-refractivity contribution in [1.82, 2.24) is 9.80 Å². The van der Waals surface area contributed by atoms with E-state index < -0.39 is 0 Å². The van der Waals surface area contributed by atoms with Gasteiger partial charge in [-0.25, -0.2) is 4.79 Å². The van der Waals surface area contributed by atoms with Crippen LogP contribution in [-0.2, 0) is 20.9 Å². The molecule has 1 atom stereocenters. The van der Waals surface area contributed by atoms with Crippen molar-refractivity contribution in [3.63, 3.8) is 0 Å². The average Bonchev–Trinajstić information content (AvgIpc) is 2.95. The maximum Gasteiger partial charge on any atom is 0.337 e. The largest absolute Gasteiger partial charge is 0.484 e. The summed E-state index contributed by atoms with van der Waals surface area (Å²) in [5.74, 6) is 0.204. The molecule has 0 N–H and O–H groups in total. The minimum absolute atomic E-state index is 0.00703. The minimum Gasteiger partial charge on any atom is -0.484 e. The molecule has 1 heterocycles. The number of hydrogen-bond donors (Lipinski definition) is 0. The number of esters is 1. The summed E-state index contributed by atoms with van der Waals surface area (Å²) in [4.78, 5) is 28.5. The van der Waals surface area contributed by atoms with Gasteiger partial charge in [0.05, 0.1) is 25.4 Å². The summed E-state index contributed by atoms with van der Waals surface area (Å²) >= 11 is 12.0. The highest BCUT2D eigenvalue weighted by atomic mass is 35.5. The van der Waals surface area contributed by atoms with Gasteiger partial charge in [-0.05, 0) is 59.7 Å². The van der Waals surface area contributed by atoms with E-state index in [2.05, 4.69) is 4.90 Å². The van der Waals surface area contributed by atoms with Crippen molar-refractivity contribution >= 4 is 35.1 Å². The number of halogens is 2. The maximum absolute atomic E-state index is 12.7. The zero-order chi connectivity index (χ0) is 26.9. The number of amides is 1. The molecule has 0 aliphatic carbocycles. The molecule has 0 bridgehead atoms. The number of methoxy groups -OCH3 is 1. The summed E-state index contributed by atoms with van der Waals surface area (Å²) in [5.41, 5.74) is 2.47. The number of carbonyl (C=O) groups is 2. The molecule has 0 unspecified atom stereocenters. The van der Waals surface area contributed by atoms with Crippen LogP contribution in [0, 0.1) is 0 Å². The highest BCUT2D eigenvalue weighted by Gasteiger charge is 2.24. The van der Waals surface area contributed by atoms with Crippen LogP contribution < -0.4 is 4.74 Å². The Bertz CT molecular complexity index is 1200. The predicted molar refractivity (Wildman–Crippen MR) is 147 cm³/mol. The highest BCUT2D eigenvalue weighted by molar-refractivity contribution is 6.30. The van der Waals surface area contributed by atoms with E-state index in [4.69, 9.17) is 37.4 Å². The molecule has 0 spiro atoms. The Hall–Kier alpha value is -3.10. The van der Waals surface area contributed by atoms with E-state index in [1.807, 2.05) is 41.3 Å². The van der Waals surface area contributed by atoms with Gasteiger partial charge >= 0.3 is 5.97 Å². The van der Waals surface area contributed by atoms with E-state index in [1.165, 1.54) is 7.11 Å². The molecule has 1 amide bonds. The van der Waals surface area contributed by atoms with Gasteiger partial charge in [0.2, 0.25) is 0 Å². The molecule has 0 aromatic heterocycles. The molecule has 0 saturated carbocycles. The molecule has 7 nitrogen and oxygen atoms in total. The quantitative estimate of drug-likeness (QED) is 0.317. The van der Waals surface area contributed by atoms with E-state index in [1.54, 1.807) is 36.4 Å². The molecule has 9 heteroatoms. The molecular formula is C29H30Cl2N2O5. The van der Waals surface area contributed by atoms with Crippen LogP contribution in [0.15, 0.2) is 72.8 Å². The van der Waals surface area contributed by atoms with Crippen LogP contribution in [0.5, 0.6) is 5.75 Å². The third-order valence-corrected chi connectivity index (χ3v) is 6.90. The number of ether oxygens (including phenoxy) is 3. The average molecular weight is 557 g/mol. The van der Waals surface area contributed by atoms with Gasteiger partial charge in [0, 0.05) is 42.8 Å². The Morgan fingerprint density at radius 3 is 2.05 bits per heavy atom. The third-order valence-electron chi connectivity index (χ3n) is 6.39. The van der Waals surface area contributed by atoms with Gasteiger partial charge in [-0.15, -0.1) is 0 Å². The molecule has 4 rings (SSSR count). The Morgan fingerprint density at radius 2 is 1.45 bits per heavy atom. The normalized spacial score (nSPS) is 14.7. The molecule has 1 aliphatic heterocycles. The fourth-order valence-corrected chi connectivity index (χ4v) is 4.42. The van der Waals surface area contributed by atoms with Crippen molar-refractivity contribution in [2.75, 3.05) is 46.4 Å². The number of carbonyl (C=O) groups excluding carboxylic acids is 2. The SMILES string of the molecule is COC(=O)c1ccc(CO[C@H](CN2CCN(C(=O)COc3ccc(Cl)cc3)CC2)c2ccc(Cl)cc2)cc1. The first-order chi connectivity index (χ1) is 18.4. The summed E-state index contributed by atoms with van der Waals surface area (Å²) in [6, 6.07) is 21.8. The van der Waals surface area contributed by atoms with Gasteiger partial charge in [0.1, 0.15) is 5.75 Å². The van der Waals surface area contributed by atoms with E-state index in [0.717, 1.165) is 24.2 Å². The van der Waals surface area contributed by atoms with Gasteiger partial charge < -0.3 is 19.1 Å². The van der Waals surface area contributed by atoms with Gasteiger partial charge in [0.15, 0.2) is 6.61 Å². The second-order valence-corrected chi connectivity index (χ2v) is 9.84. The van der Waals surface area contributed by atoms with Crippen molar-refractivity contribution in [3.05, 3.63) is 99.5 Å². The third kappa shape index (κ3) is 7.95. The fourth-order valence-electron chi connectivity index (χ4n) is 4.17. The van der Waals surface area contributed by atoms with Crippen molar-refractivity contribution in [3.8, 4) is 5.75 Å². The summed E-state index contributed by atoms with van der Waals surface area (Å²) in [6.07, 6.45) is -0.192. The number of hydrogen-bond acceptors (Lipinski definition) is 6. The predicted octanol–water partition coefficient (Wildman–Crippen LogP) is 5.26. The minimum atomic E-state index is -0.370. The number of nitrogens with zero attached hydrogens (tertiary/aromatic N) is 2. The van der Waals surface area contributed by atoms with Crippen molar-refractivity contribution in [2.45, 2.75) is 12.7 Å². The summed E-state index contributed by atoms with van der Waals surface area (Å²) in [5, 5.41) is 1.29. The molecular weight excluding hydrogens is 527 g/mol. The first kappa shape index (κ1) is 27.9. The molecule has 38 heavy (non-hydrogen) atoms. The lowest BCUT2D eigenvalue weighted by atomic mass is 10.1. The zero-order valence-corrected chi connectivity index (χ0v) is 22.7. The van der Waals surface area contributed by atoms with Crippen molar-refractivity contribution < 1.29 is 23.8 Å². The summed E-state index contributed by atoms with van der Waals surface area (Å²) < 4.78 is 16.7. The van der Waals surface area contributed by atoms with Gasteiger partial charge in [0.25, 0.3) is 5.91 Å². The van der Waals surface area contributed by atoms with Crippen LogP contribution in [0.25, 0.3) is 0 Å². The number of rotatable bonds is 10. The van der Waals surface area contributed by atoms with E-state index >= 15 is 0 Å². The number of piperazine rings is 1. The molecule has 3 aromatic carbocycles. The Morgan fingerprint density at radius 1 is 0.842 bits per heavy atom. The first-order valence-corrected chi connectivity index (χ1v) is 13.1. The standard InChI is InChI=1S/C29H30Cl2N2O5/c1-36-29(35)23-4-2-21(3-5-23)19-38-27(22-6-8-24(30)9-7-22)18-32-14-16-33(17-15-32)28(34)20-37-26-12-10-25(31)11-13-26/h2-13,27H,14-20H2,1H3/t27-/m1/s1. The van der Waals surface area contributed by atoms with Crippen molar-refractivity contribution in [1.29, 1.82) is 0 Å². The van der Waals surface area contributed by atoms with Crippen LogP contribution >= 0.6 is 23.2 Å². The first-order valence-electron chi connectivity index (χ1n) is 12.3. The van der Waals surface area contributed by atoms with Crippen LogP contribution in [-0.4, -0.2) is 68.1 Å². The van der Waals surface area contributed by atoms with Gasteiger partial charge in [-0.2, -0.15) is 0 Å². The highest BCUT2D eigenvalue weighted by Crippen LogP contribution is 2.24. The summed E-state index contributed by atoms with van der Waals surface area (Å²) in [6.45, 7) is 3.74. The molecule has 200 valence electrons. The Balaban J connectivity index is 1.31. The lowest BCUT2D eigenvalue weighted by molar-refractivity contribution is -0.135. The lowest BCUT2D eigenvalue weighted by Gasteiger charge is -2.36. The Labute approximate surface area is 232 Å². The lowest BCUT2D eigenvalue weighted by Crippen LogP contribution is -2.50. The second kappa shape index (κ2) is 13.6. The topological polar surface area (TPSA) is 68.3 Å². The Kier molecular flexibility index (Phi) is 10.0. The molecule has 1 fully saturated rings. The molecule has 3 aromatic rings. The molecule has 0 radical (unpaired) electrons. The maximum atomic E-state index is 12.7. The molecule has 1 saturated heterocycles. The molecule has 1 aliphatic rings. The fraction of sp³-hybridized carbons (Fsp3) is 0.310. The van der Waals surface area contributed by atoms with Gasteiger partial charge in [-0.3, -0.25) is 9.69 Å². The van der Waals surface area contributed by atoms with Crippen LogP contribution in [0.4, 0.5) is 0 Å². The summed E-state index contributed by atoms with van der Waals surface area (Å²) in [7, 11) is 1.36. The van der Waals surface area contributed by atoms with Crippen molar-refractivity contribution in [2.24, 2.45) is 0 Å². The van der Waals surface area contributed by atoms with E-state index in [0.29, 0.717) is 47.6 Å². The van der Waals surface area contributed by atoms with E-state index in [9.17, 15) is 9.59 Å². The van der Waals surface area contributed by atoms with Crippen LogP contribution in [0.2, 0.25) is 10.0 Å². The number of benzene rings is 3. The monoisotopic (exact) mass is 556 g/mol. The van der Waals surface area contributed by atoms with Crippen LogP contribution in [0.3, 0.4) is 0 Å². The second-order valence-electron chi connectivity index (χ2n) is 8.96. The smallest absolute Gasteiger partial charge is 0.337 e. The van der Waals surface area contributed by atoms with Gasteiger partial charge in [-0.1, -0.05) is 47.5 Å².